The lowest BCUT2D eigenvalue weighted by Gasteiger charge is -2.24. The van der Waals surface area contributed by atoms with Gasteiger partial charge in [0.1, 0.15) is 0 Å². The lowest BCUT2D eigenvalue weighted by atomic mass is 10.1. The maximum atomic E-state index is 5.76. The molecule has 1 aromatic heterocycles. The maximum absolute atomic E-state index is 5.76. The number of benzene rings is 1. The summed E-state index contributed by atoms with van der Waals surface area (Å²) in [5.74, 6) is 0.661. The fraction of sp³-hybridized carbons (Fsp3) is 0.429. The molecular formula is C14H18N4O2. The van der Waals surface area contributed by atoms with Crippen LogP contribution in [0.25, 0.3) is 0 Å². The first-order chi connectivity index (χ1) is 9.81. The van der Waals surface area contributed by atoms with E-state index in [0.717, 1.165) is 31.6 Å². The van der Waals surface area contributed by atoms with E-state index in [-0.39, 0.29) is 0 Å². The van der Waals surface area contributed by atoms with Crippen molar-refractivity contribution in [3.8, 4) is 0 Å². The van der Waals surface area contributed by atoms with Crippen LogP contribution in [0.2, 0.25) is 0 Å². The number of aromatic nitrogens is 2. The highest BCUT2D eigenvalue weighted by Gasteiger charge is 2.17. The number of aryl methyl sites for hydroxylation is 2. The van der Waals surface area contributed by atoms with Crippen molar-refractivity contribution in [2.45, 2.75) is 12.8 Å². The fourth-order valence-corrected chi connectivity index (χ4v) is 2.23. The lowest BCUT2D eigenvalue weighted by Crippen LogP contribution is -2.36. The summed E-state index contributed by atoms with van der Waals surface area (Å²) in [5, 5.41) is 8.20. The number of anilines is 2. The number of hydrogen-bond acceptors (Lipinski definition) is 6. The molecule has 0 saturated carbocycles. The van der Waals surface area contributed by atoms with Gasteiger partial charge < -0.3 is 19.8 Å². The van der Waals surface area contributed by atoms with E-state index in [2.05, 4.69) is 21.2 Å². The molecule has 0 unspecified atom stereocenters. The monoisotopic (exact) mass is 274 g/mol. The second kappa shape index (κ2) is 5.92. The first-order valence-corrected chi connectivity index (χ1v) is 6.81. The molecule has 1 aliphatic heterocycles. The highest BCUT2D eigenvalue weighted by Crippen LogP contribution is 2.15. The molecule has 6 nitrogen and oxygen atoms in total. The highest BCUT2D eigenvalue weighted by molar-refractivity contribution is 5.40. The zero-order chi connectivity index (χ0) is 13.8. The second-order valence-electron chi connectivity index (χ2n) is 4.82. The van der Waals surface area contributed by atoms with Crippen molar-refractivity contribution in [3.63, 3.8) is 0 Å². The topological polar surface area (TPSA) is 77.4 Å². The van der Waals surface area contributed by atoms with Crippen LogP contribution < -0.4 is 10.6 Å². The quantitative estimate of drug-likeness (QED) is 0.846. The van der Waals surface area contributed by atoms with Crippen molar-refractivity contribution in [2.75, 3.05) is 36.9 Å². The molecule has 3 rings (SSSR count). The zero-order valence-corrected chi connectivity index (χ0v) is 11.3. The summed E-state index contributed by atoms with van der Waals surface area (Å²) < 4.78 is 11.0. The molecule has 0 bridgehead atoms. The number of hydrogen-bond donors (Lipinski definition) is 1. The highest BCUT2D eigenvalue weighted by atomic mass is 16.5. The summed E-state index contributed by atoms with van der Waals surface area (Å²) in [7, 11) is 0. The van der Waals surface area contributed by atoms with Gasteiger partial charge in [0.25, 0.3) is 0 Å². The summed E-state index contributed by atoms with van der Waals surface area (Å²) in [6.45, 7) is 3.02. The third kappa shape index (κ3) is 3.08. The Kier molecular flexibility index (Phi) is 3.83. The van der Waals surface area contributed by atoms with Gasteiger partial charge in [-0.15, -0.1) is 5.10 Å². The Bertz CT molecular complexity index is 564. The molecule has 106 valence electrons. The van der Waals surface area contributed by atoms with Crippen LogP contribution in [0.15, 0.2) is 28.7 Å². The Morgan fingerprint density at radius 2 is 2.00 bits per heavy atom. The van der Waals surface area contributed by atoms with Crippen molar-refractivity contribution < 1.29 is 9.15 Å². The first-order valence-electron chi connectivity index (χ1n) is 6.81. The van der Waals surface area contributed by atoms with Crippen LogP contribution in [-0.4, -0.2) is 36.5 Å². The Hall–Kier alpha value is -2.08. The van der Waals surface area contributed by atoms with E-state index in [0.29, 0.717) is 25.1 Å². The minimum atomic E-state index is 0.593. The molecule has 1 saturated heterocycles. The fourth-order valence-electron chi connectivity index (χ4n) is 2.23. The summed E-state index contributed by atoms with van der Waals surface area (Å²) in [5.41, 5.74) is 7.72. The molecule has 0 amide bonds. The van der Waals surface area contributed by atoms with Crippen LogP contribution in [-0.2, 0) is 17.6 Å². The third-order valence-corrected chi connectivity index (χ3v) is 3.32. The molecule has 20 heavy (non-hydrogen) atoms. The molecule has 2 N–H and O–H groups in total. The SMILES string of the molecule is Nc1cccc(CCc2nnc(N3CCOCC3)o2)c1. The molecular weight excluding hydrogens is 256 g/mol. The van der Waals surface area contributed by atoms with Gasteiger partial charge in [-0.3, -0.25) is 0 Å². The van der Waals surface area contributed by atoms with Gasteiger partial charge in [-0.2, -0.15) is 0 Å². The second-order valence-corrected chi connectivity index (χ2v) is 4.82. The number of nitrogens with two attached hydrogens (primary N) is 1. The number of nitrogen functional groups attached to an aromatic ring is 1. The van der Waals surface area contributed by atoms with Crippen LogP contribution in [0.5, 0.6) is 0 Å². The van der Waals surface area contributed by atoms with E-state index >= 15 is 0 Å². The van der Waals surface area contributed by atoms with Crippen molar-refractivity contribution in [1.82, 2.24) is 10.2 Å². The Labute approximate surface area is 117 Å². The smallest absolute Gasteiger partial charge is 0.318 e. The van der Waals surface area contributed by atoms with Crippen molar-refractivity contribution in [3.05, 3.63) is 35.7 Å². The number of nitrogens with zero attached hydrogens (tertiary/aromatic N) is 3. The molecule has 1 fully saturated rings. The Morgan fingerprint density at radius 3 is 2.80 bits per heavy atom. The summed E-state index contributed by atoms with van der Waals surface area (Å²) in [6, 6.07) is 8.45. The van der Waals surface area contributed by atoms with E-state index in [1.807, 2.05) is 18.2 Å². The Balaban J connectivity index is 1.59. The lowest BCUT2D eigenvalue weighted by molar-refractivity contribution is 0.120. The summed E-state index contributed by atoms with van der Waals surface area (Å²) in [4.78, 5) is 2.06. The van der Waals surface area contributed by atoms with E-state index in [4.69, 9.17) is 14.9 Å². The first kappa shape index (κ1) is 12.9. The van der Waals surface area contributed by atoms with E-state index in [1.165, 1.54) is 5.56 Å². The average molecular weight is 274 g/mol. The summed E-state index contributed by atoms with van der Waals surface area (Å²) in [6.07, 6.45) is 1.57. The van der Waals surface area contributed by atoms with Gasteiger partial charge in [0.2, 0.25) is 5.89 Å². The van der Waals surface area contributed by atoms with E-state index in [1.54, 1.807) is 0 Å². The molecule has 2 heterocycles. The van der Waals surface area contributed by atoms with Crippen LogP contribution in [0.4, 0.5) is 11.7 Å². The van der Waals surface area contributed by atoms with Gasteiger partial charge in [-0.05, 0) is 24.1 Å². The zero-order valence-electron chi connectivity index (χ0n) is 11.3. The van der Waals surface area contributed by atoms with E-state index < -0.39 is 0 Å². The largest absolute Gasteiger partial charge is 0.408 e. The van der Waals surface area contributed by atoms with Gasteiger partial charge in [0.05, 0.1) is 13.2 Å². The Morgan fingerprint density at radius 1 is 1.15 bits per heavy atom. The van der Waals surface area contributed by atoms with Gasteiger partial charge in [-0.25, -0.2) is 0 Å². The minimum absolute atomic E-state index is 0.593. The molecule has 0 radical (unpaired) electrons. The van der Waals surface area contributed by atoms with Gasteiger partial charge >= 0.3 is 6.01 Å². The standard InChI is InChI=1S/C14H18N4O2/c15-12-3-1-2-11(10-12)4-5-13-16-17-14(20-13)18-6-8-19-9-7-18/h1-3,10H,4-9,15H2. The van der Waals surface area contributed by atoms with Crippen molar-refractivity contribution >= 4 is 11.7 Å². The molecule has 6 heteroatoms. The van der Waals surface area contributed by atoms with Crippen molar-refractivity contribution in [2.24, 2.45) is 0 Å². The van der Waals surface area contributed by atoms with Gasteiger partial charge in [0.15, 0.2) is 0 Å². The molecule has 1 aromatic carbocycles. The van der Waals surface area contributed by atoms with Crippen LogP contribution in [0.1, 0.15) is 11.5 Å². The predicted molar refractivity (Wildman–Crippen MR) is 75.6 cm³/mol. The summed E-state index contributed by atoms with van der Waals surface area (Å²) >= 11 is 0. The van der Waals surface area contributed by atoms with E-state index in [9.17, 15) is 0 Å². The predicted octanol–water partition coefficient (Wildman–Crippen LogP) is 1.27. The molecule has 0 aliphatic carbocycles. The minimum Gasteiger partial charge on any atom is -0.408 e. The third-order valence-electron chi connectivity index (χ3n) is 3.32. The molecule has 0 atom stereocenters. The van der Waals surface area contributed by atoms with Crippen molar-refractivity contribution in [1.29, 1.82) is 0 Å². The molecule has 0 spiro atoms. The van der Waals surface area contributed by atoms with Crippen LogP contribution in [0, 0.1) is 0 Å². The number of rotatable bonds is 4. The number of ether oxygens (including phenoxy) is 1. The van der Waals surface area contributed by atoms with Gasteiger partial charge in [-0.1, -0.05) is 17.2 Å². The maximum Gasteiger partial charge on any atom is 0.318 e. The van der Waals surface area contributed by atoms with Gasteiger partial charge in [0, 0.05) is 25.2 Å². The normalized spacial score (nSPS) is 15.5. The number of morpholine rings is 1. The molecule has 1 aliphatic rings. The van der Waals surface area contributed by atoms with Crippen LogP contribution >= 0.6 is 0 Å². The average Bonchev–Trinajstić information content (AvgIpc) is 2.95. The molecule has 2 aromatic rings. The van der Waals surface area contributed by atoms with Crippen LogP contribution in [0.3, 0.4) is 0 Å².